The first-order chi connectivity index (χ1) is 15.3. The lowest BCUT2D eigenvalue weighted by Gasteiger charge is -2.12. The van der Waals surface area contributed by atoms with Gasteiger partial charge in [0.05, 0.1) is 23.7 Å². The molecule has 3 rings (SSSR count). The second-order valence-corrected chi connectivity index (χ2v) is 5.92. The molecule has 0 saturated carbocycles. The number of carbonyl (C=O) groups excluding carboxylic acids is 1. The van der Waals surface area contributed by atoms with Crippen LogP contribution in [0, 0.1) is 21.7 Å². The van der Waals surface area contributed by atoms with E-state index >= 15 is 0 Å². The van der Waals surface area contributed by atoms with Crippen molar-refractivity contribution in [2.75, 3.05) is 7.11 Å². The van der Waals surface area contributed by atoms with E-state index in [0.717, 1.165) is 12.5 Å². The first-order valence-electron chi connectivity index (χ1n) is 10.4. The van der Waals surface area contributed by atoms with Crippen LogP contribution in [0.25, 0.3) is 0 Å². The summed E-state index contributed by atoms with van der Waals surface area (Å²) in [6.45, 7) is 9.92. The molecule has 2 atom stereocenters. The fraction of sp³-hybridized carbons (Fsp3) is 0.435. The average molecular weight is 455 g/mol. The van der Waals surface area contributed by atoms with E-state index in [1.54, 1.807) is 0 Å². The molecule has 1 saturated heterocycles. The van der Waals surface area contributed by atoms with E-state index in [0.29, 0.717) is 6.42 Å². The number of ether oxygens (including phenoxy) is 3. The molecule has 0 N–H and O–H groups in total. The van der Waals surface area contributed by atoms with Gasteiger partial charge < -0.3 is 14.2 Å². The lowest BCUT2D eigenvalue weighted by Crippen LogP contribution is -2.18. The Hall–Kier alpha value is -3.07. The molecule has 0 amide bonds. The van der Waals surface area contributed by atoms with E-state index < -0.39 is 28.8 Å². The molecule has 1 aliphatic rings. The Bertz CT molecular complexity index is 830. The Morgan fingerprint density at radius 2 is 1.66 bits per heavy atom. The summed E-state index contributed by atoms with van der Waals surface area (Å²) in [5.74, 6) is -2.42. The van der Waals surface area contributed by atoms with Gasteiger partial charge in [-0.05, 0) is 37.6 Å². The highest BCUT2D eigenvalue weighted by Gasteiger charge is 2.25. The third-order valence-electron chi connectivity index (χ3n) is 3.88. The molecular weight excluding hydrogens is 424 g/mol. The van der Waals surface area contributed by atoms with Gasteiger partial charge in [-0.1, -0.05) is 33.8 Å². The molecule has 1 heterocycles. The standard InChI is InChI=1S/C12H13NO5.C7H6F2O.2C2H6/c1-8-2-7-11(17-8)18-12(14)9-3-5-10(6-4-9)13(15)16;1-10-6-4-2-3-5(8)7(6)9;2*1-2/h3-6,8,11H,2,7H2,1H3;2-4H,1H3;2*1-2H3. The highest BCUT2D eigenvalue weighted by atomic mass is 19.2. The van der Waals surface area contributed by atoms with Crippen molar-refractivity contribution in [3.05, 3.63) is 69.8 Å². The zero-order valence-corrected chi connectivity index (χ0v) is 19.3. The van der Waals surface area contributed by atoms with Gasteiger partial charge in [0.25, 0.3) is 5.69 Å². The Morgan fingerprint density at radius 3 is 2.09 bits per heavy atom. The molecule has 32 heavy (non-hydrogen) atoms. The molecule has 0 radical (unpaired) electrons. The minimum atomic E-state index is -0.940. The van der Waals surface area contributed by atoms with Gasteiger partial charge >= 0.3 is 5.97 Å². The van der Waals surface area contributed by atoms with Crippen LogP contribution in [-0.2, 0) is 9.47 Å². The van der Waals surface area contributed by atoms with Crippen molar-refractivity contribution >= 4 is 11.7 Å². The van der Waals surface area contributed by atoms with Crippen LogP contribution in [0.1, 0.15) is 57.8 Å². The SMILES string of the molecule is CC.CC.CC1CCC(OC(=O)c2ccc([N+](=O)[O-])cc2)O1.COc1cccc(F)c1F. The molecule has 2 unspecified atom stereocenters. The molecule has 0 aromatic heterocycles. The Balaban J connectivity index is 0.000000582. The van der Waals surface area contributed by atoms with Gasteiger partial charge in [-0.25, -0.2) is 9.18 Å². The molecular formula is C23H31F2NO6. The van der Waals surface area contributed by atoms with E-state index in [4.69, 9.17) is 9.47 Å². The molecule has 0 spiro atoms. The monoisotopic (exact) mass is 455 g/mol. The summed E-state index contributed by atoms with van der Waals surface area (Å²) in [5.41, 5.74) is 0.223. The van der Waals surface area contributed by atoms with Gasteiger partial charge in [-0.15, -0.1) is 0 Å². The van der Waals surface area contributed by atoms with Gasteiger partial charge in [0.2, 0.25) is 12.1 Å². The highest BCUT2D eigenvalue weighted by molar-refractivity contribution is 5.89. The number of methoxy groups -OCH3 is 1. The zero-order valence-electron chi connectivity index (χ0n) is 19.3. The fourth-order valence-corrected chi connectivity index (χ4v) is 2.40. The molecule has 0 bridgehead atoms. The highest BCUT2D eigenvalue weighted by Crippen LogP contribution is 2.21. The number of benzene rings is 2. The molecule has 0 aliphatic carbocycles. The molecule has 1 fully saturated rings. The summed E-state index contributed by atoms with van der Waals surface area (Å²) in [4.78, 5) is 21.7. The number of nitro groups is 1. The van der Waals surface area contributed by atoms with Crippen LogP contribution in [0.2, 0.25) is 0 Å². The molecule has 9 heteroatoms. The van der Waals surface area contributed by atoms with Crippen molar-refractivity contribution in [3.8, 4) is 5.75 Å². The van der Waals surface area contributed by atoms with E-state index in [-0.39, 0.29) is 23.1 Å². The van der Waals surface area contributed by atoms with Crippen LogP contribution in [0.15, 0.2) is 42.5 Å². The maximum absolute atomic E-state index is 12.5. The maximum atomic E-state index is 12.5. The van der Waals surface area contributed by atoms with E-state index in [1.165, 1.54) is 43.5 Å². The Labute approximate surface area is 187 Å². The van der Waals surface area contributed by atoms with E-state index in [2.05, 4.69) is 4.74 Å². The van der Waals surface area contributed by atoms with Crippen LogP contribution >= 0.6 is 0 Å². The van der Waals surface area contributed by atoms with Crippen molar-refractivity contribution in [2.45, 2.75) is 59.9 Å². The normalized spacial score (nSPS) is 16.1. The summed E-state index contributed by atoms with van der Waals surface area (Å²) in [6, 6.07) is 9.08. The Morgan fingerprint density at radius 1 is 1.06 bits per heavy atom. The van der Waals surface area contributed by atoms with Crippen molar-refractivity contribution in [2.24, 2.45) is 0 Å². The van der Waals surface area contributed by atoms with Crippen molar-refractivity contribution in [1.82, 2.24) is 0 Å². The topological polar surface area (TPSA) is 87.9 Å². The van der Waals surface area contributed by atoms with Crippen molar-refractivity contribution in [1.29, 1.82) is 0 Å². The number of esters is 1. The summed E-state index contributed by atoms with van der Waals surface area (Å²) in [5, 5.41) is 10.5. The van der Waals surface area contributed by atoms with Crippen molar-refractivity contribution in [3.63, 3.8) is 0 Å². The molecule has 7 nitrogen and oxygen atoms in total. The van der Waals surface area contributed by atoms with Gasteiger partial charge in [-0.3, -0.25) is 10.1 Å². The number of hydrogen-bond donors (Lipinski definition) is 0. The number of carbonyl (C=O) groups is 1. The number of halogens is 2. The van der Waals surface area contributed by atoms with Gasteiger partial charge in [0.1, 0.15) is 0 Å². The van der Waals surface area contributed by atoms with E-state index in [1.807, 2.05) is 34.6 Å². The van der Waals surface area contributed by atoms with Gasteiger partial charge in [0.15, 0.2) is 11.6 Å². The lowest BCUT2D eigenvalue weighted by molar-refractivity contribution is -0.384. The maximum Gasteiger partial charge on any atom is 0.340 e. The molecule has 178 valence electrons. The lowest BCUT2D eigenvalue weighted by atomic mass is 10.2. The number of hydrogen-bond acceptors (Lipinski definition) is 6. The third kappa shape index (κ3) is 9.38. The third-order valence-corrected chi connectivity index (χ3v) is 3.88. The minimum absolute atomic E-state index is 0.0581. The van der Waals surface area contributed by atoms with Crippen LogP contribution in [-0.4, -0.2) is 30.4 Å². The van der Waals surface area contributed by atoms with Crippen molar-refractivity contribution < 1.29 is 32.7 Å². The summed E-state index contributed by atoms with van der Waals surface area (Å²) in [7, 11) is 1.29. The summed E-state index contributed by atoms with van der Waals surface area (Å²) in [6.07, 6.45) is 1.13. The Kier molecular flexibility index (Phi) is 14.2. The molecule has 2 aromatic carbocycles. The number of non-ortho nitro benzene ring substituents is 1. The first-order valence-corrected chi connectivity index (χ1v) is 10.4. The smallest absolute Gasteiger partial charge is 0.340 e. The molecule has 1 aliphatic heterocycles. The number of rotatable bonds is 4. The number of nitro benzene ring substituents is 1. The summed E-state index contributed by atoms with van der Waals surface area (Å²) < 4.78 is 39.8. The van der Waals surface area contributed by atoms with Crippen LogP contribution in [0.5, 0.6) is 5.75 Å². The quantitative estimate of drug-likeness (QED) is 0.305. The fourth-order valence-electron chi connectivity index (χ4n) is 2.40. The largest absolute Gasteiger partial charge is 0.494 e. The predicted octanol–water partition coefficient (Wildman–Crippen LogP) is 6.30. The van der Waals surface area contributed by atoms with Gasteiger partial charge in [-0.2, -0.15) is 4.39 Å². The van der Waals surface area contributed by atoms with Crippen LogP contribution < -0.4 is 4.74 Å². The first kappa shape index (κ1) is 28.9. The molecule has 2 aromatic rings. The second-order valence-electron chi connectivity index (χ2n) is 5.92. The summed E-state index contributed by atoms with van der Waals surface area (Å²) >= 11 is 0. The van der Waals surface area contributed by atoms with E-state index in [9.17, 15) is 23.7 Å². The minimum Gasteiger partial charge on any atom is -0.494 e. The van der Waals surface area contributed by atoms with Gasteiger partial charge in [0, 0.05) is 18.6 Å². The second kappa shape index (κ2) is 15.7. The van der Waals surface area contributed by atoms with Crippen LogP contribution in [0.3, 0.4) is 0 Å². The van der Waals surface area contributed by atoms with Crippen LogP contribution in [0.4, 0.5) is 14.5 Å². The number of nitrogens with zero attached hydrogens (tertiary/aromatic N) is 1. The predicted molar refractivity (Wildman–Crippen MR) is 118 cm³/mol. The zero-order chi connectivity index (χ0) is 24.7. The average Bonchev–Trinajstić information content (AvgIpc) is 3.23.